The first-order chi connectivity index (χ1) is 13.1. The highest BCUT2D eigenvalue weighted by molar-refractivity contribution is 7.20. The van der Waals surface area contributed by atoms with Crippen molar-refractivity contribution >= 4 is 44.6 Å². The van der Waals surface area contributed by atoms with E-state index >= 15 is 0 Å². The quantitative estimate of drug-likeness (QED) is 0.529. The SMILES string of the molecule is Cc1c(C(=O)N(C)Cc2nccs2)sc2ncnc(NCc3ccco3)c12. The molecule has 0 aliphatic rings. The summed E-state index contributed by atoms with van der Waals surface area (Å²) in [6.45, 7) is 2.94. The summed E-state index contributed by atoms with van der Waals surface area (Å²) in [7, 11) is 1.79. The summed E-state index contributed by atoms with van der Waals surface area (Å²) in [4.78, 5) is 29.0. The van der Waals surface area contributed by atoms with Crippen molar-refractivity contribution in [2.75, 3.05) is 12.4 Å². The summed E-state index contributed by atoms with van der Waals surface area (Å²) in [5.74, 6) is 1.48. The van der Waals surface area contributed by atoms with Gasteiger partial charge in [0.1, 0.15) is 27.7 Å². The molecule has 4 heterocycles. The Morgan fingerprint density at radius 1 is 1.33 bits per heavy atom. The van der Waals surface area contributed by atoms with Gasteiger partial charge in [-0.15, -0.1) is 22.7 Å². The Morgan fingerprint density at radius 3 is 2.96 bits per heavy atom. The number of thiophene rings is 1. The van der Waals surface area contributed by atoms with Crippen LogP contribution in [0.3, 0.4) is 0 Å². The van der Waals surface area contributed by atoms with Gasteiger partial charge < -0.3 is 14.6 Å². The van der Waals surface area contributed by atoms with Gasteiger partial charge in [0.2, 0.25) is 0 Å². The van der Waals surface area contributed by atoms with E-state index in [9.17, 15) is 4.79 Å². The van der Waals surface area contributed by atoms with Crippen molar-refractivity contribution in [2.45, 2.75) is 20.0 Å². The van der Waals surface area contributed by atoms with Crippen LogP contribution >= 0.6 is 22.7 Å². The molecule has 0 bridgehead atoms. The van der Waals surface area contributed by atoms with Crippen molar-refractivity contribution in [3.63, 3.8) is 0 Å². The number of anilines is 1. The summed E-state index contributed by atoms with van der Waals surface area (Å²) in [6, 6.07) is 3.74. The minimum Gasteiger partial charge on any atom is -0.467 e. The highest BCUT2D eigenvalue weighted by Crippen LogP contribution is 2.34. The summed E-state index contributed by atoms with van der Waals surface area (Å²) < 4.78 is 5.35. The van der Waals surface area contributed by atoms with E-state index < -0.39 is 0 Å². The molecule has 9 heteroatoms. The zero-order valence-electron chi connectivity index (χ0n) is 14.8. The first-order valence-electron chi connectivity index (χ1n) is 8.27. The minimum absolute atomic E-state index is 0.0392. The first-order valence-corrected chi connectivity index (χ1v) is 9.97. The molecular formula is C18H17N5O2S2. The fourth-order valence-electron chi connectivity index (χ4n) is 2.77. The number of hydrogen-bond donors (Lipinski definition) is 1. The highest BCUT2D eigenvalue weighted by Gasteiger charge is 2.22. The summed E-state index contributed by atoms with van der Waals surface area (Å²) >= 11 is 2.93. The van der Waals surface area contributed by atoms with E-state index in [1.165, 1.54) is 29.0 Å². The maximum atomic E-state index is 12.9. The van der Waals surface area contributed by atoms with Crippen molar-refractivity contribution in [3.05, 3.63) is 57.5 Å². The normalized spacial score (nSPS) is 11.0. The monoisotopic (exact) mass is 399 g/mol. The van der Waals surface area contributed by atoms with E-state index in [1.807, 2.05) is 24.4 Å². The third kappa shape index (κ3) is 3.56. The van der Waals surface area contributed by atoms with Crippen LogP contribution in [-0.2, 0) is 13.1 Å². The fourth-order valence-corrected chi connectivity index (χ4v) is 4.58. The number of carbonyl (C=O) groups excluding carboxylic acids is 1. The summed E-state index contributed by atoms with van der Waals surface area (Å²) in [5, 5.41) is 6.97. The number of nitrogens with zero attached hydrogens (tertiary/aromatic N) is 4. The molecule has 0 fully saturated rings. The van der Waals surface area contributed by atoms with Crippen LogP contribution in [0.15, 0.2) is 40.7 Å². The van der Waals surface area contributed by atoms with Crippen molar-refractivity contribution in [2.24, 2.45) is 0 Å². The standard InChI is InChI=1S/C18H17N5O2S2/c1-11-14-16(20-8-12-4-3-6-25-12)21-10-22-17(14)27-15(11)18(24)23(2)9-13-19-5-7-26-13/h3-7,10H,8-9H2,1-2H3,(H,20,21,22). The predicted molar refractivity (Wildman–Crippen MR) is 106 cm³/mol. The molecular weight excluding hydrogens is 382 g/mol. The van der Waals surface area contributed by atoms with Crippen molar-refractivity contribution in [1.29, 1.82) is 0 Å². The third-order valence-corrected chi connectivity index (χ3v) is 6.09. The molecule has 138 valence electrons. The molecule has 1 amide bonds. The van der Waals surface area contributed by atoms with E-state index in [0.717, 1.165) is 26.5 Å². The van der Waals surface area contributed by atoms with Gasteiger partial charge in [0.15, 0.2) is 0 Å². The van der Waals surface area contributed by atoms with Crippen LogP contribution in [0.2, 0.25) is 0 Å². The minimum atomic E-state index is -0.0392. The van der Waals surface area contributed by atoms with Crippen LogP contribution in [0.1, 0.15) is 26.0 Å². The smallest absolute Gasteiger partial charge is 0.264 e. The molecule has 0 spiro atoms. The van der Waals surface area contributed by atoms with E-state index in [4.69, 9.17) is 4.42 Å². The first kappa shape index (κ1) is 17.6. The molecule has 0 aliphatic carbocycles. The average molecular weight is 400 g/mol. The molecule has 0 saturated carbocycles. The van der Waals surface area contributed by atoms with Gasteiger partial charge in [0, 0.05) is 18.6 Å². The van der Waals surface area contributed by atoms with Crippen molar-refractivity contribution in [1.82, 2.24) is 19.9 Å². The Labute approximate surface area is 163 Å². The molecule has 0 aliphatic heterocycles. The second kappa shape index (κ2) is 7.45. The van der Waals surface area contributed by atoms with E-state index in [0.29, 0.717) is 23.8 Å². The molecule has 0 aromatic carbocycles. The Bertz CT molecular complexity index is 1060. The Balaban J connectivity index is 1.61. The molecule has 0 unspecified atom stereocenters. The molecule has 4 aromatic heterocycles. The number of fused-ring (bicyclic) bond motifs is 1. The van der Waals surface area contributed by atoms with Crippen LogP contribution in [0.5, 0.6) is 0 Å². The van der Waals surface area contributed by atoms with Gasteiger partial charge in [-0.2, -0.15) is 0 Å². The molecule has 4 rings (SSSR count). The second-order valence-electron chi connectivity index (χ2n) is 5.98. The number of aromatic nitrogens is 3. The fraction of sp³-hybridized carbons (Fsp3) is 0.222. The lowest BCUT2D eigenvalue weighted by molar-refractivity contribution is 0.0789. The average Bonchev–Trinajstić information content (AvgIpc) is 3.41. The van der Waals surface area contributed by atoms with E-state index in [-0.39, 0.29) is 5.91 Å². The lowest BCUT2D eigenvalue weighted by Crippen LogP contribution is -2.25. The van der Waals surface area contributed by atoms with Crippen LogP contribution in [0, 0.1) is 6.92 Å². The van der Waals surface area contributed by atoms with E-state index in [1.54, 1.807) is 24.4 Å². The van der Waals surface area contributed by atoms with Crippen LogP contribution in [0.4, 0.5) is 5.82 Å². The molecule has 0 radical (unpaired) electrons. The van der Waals surface area contributed by atoms with Crippen molar-refractivity contribution < 1.29 is 9.21 Å². The molecule has 0 saturated heterocycles. The maximum Gasteiger partial charge on any atom is 0.264 e. The van der Waals surface area contributed by atoms with Gasteiger partial charge in [-0.1, -0.05) is 0 Å². The predicted octanol–water partition coefficient (Wildman–Crippen LogP) is 3.93. The van der Waals surface area contributed by atoms with Gasteiger partial charge in [-0.3, -0.25) is 4.79 Å². The molecule has 1 N–H and O–H groups in total. The summed E-state index contributed by atoms with van der Waals surface area (Å²) in [5.41, 5.74) is 0.883. The number of aryl methyl sites for hydroxylation is 1. The largest absolute Gasteiger partial charge is 0.467 e. The van der Waals surface area contributed by atoms with Gasteiger partial charge >= 0.3 is 0 Å². The van der Waals surface area contributed by atoms with Crippen LogP contribution in [0.25, 0.3) is 10.2 Å². The third-order valence-electron chi connectivity index (χ3n) is 4.13. The molecule has 27 heavy (non-hydrogen) atoms. The second-order valence-corrected chi connectivity index (χ2v) is 7.96. The maximum absolute atomic E-state index is 12.9. The number of amides is 1. The number of thiazole rings is 1. The lowest BCUT2D eigenvalue weighted by atomic mass is 10.2. The Morgan fingerprint density at radius 2 is 2.22 bits per heavy atom. The summed E-state index contributed by atoms with van der Waals surface area (Å²) in [6.07, 6.45) is 4.89. The topological polar surface area (TPSA) is 84.2 Å². The number of furan rings is 1. The lowest BCUT2D eigenvalue weighted by Gasteiger charge is -2.15. The number of hydrogen-bond acceptors (Lipinski definition) is 8. The number of rotatable bonds is 6. The molecule has 4 aromatic rings. The van der Waals surface area contributed by atoms with Gasteiger partial charge in [-0.25, -0.2) is 15.0 Å². The Kier molecular flexibility index (Phi) is 4.87. The van der Waals surface area contributed by atoms with Gasteiger partial charge in [0.05, 0.1) is 29.6 Å². The van der Waals surface area contributed by atoms with Crippen LogP contribution < -0.4 is 5.32 Å². The van der Waals surface area contributed by atoms with E-state index in [2.05, 4.69) is 20.3 Å². The Hall–Kier alpha value is -2.78. The molecule has 7 nitrogen and oxygen atoms in total. The highest BCUT2D eigenvalue weighted by atomic mass is 32.1. The van der Waals surface area contributed by atoms with Crippen molar-refractivity contribution in [3.8, 4) is 0 Å². The number of nitrogens with one attached hydrogen (secondary N) is 1. The van der Waals surface area contributed by atoms with Gasteiger partial charge in [-0.05, 0) is 24.6 Å². The zero-order chi connectivity index (χ0) is 18.8. The van der Waals surface area contributed by atoms with Crippen LogP contribution in [-0.4, -0.2) is 32.8 Å². The zero-order valence-corrected chi connectivity index (χ0v) is 16.4. The molecule has 0 atom stereocenters. The number of carbonyl (C=O) groups is 1. The van der Waals surface area contributed by atoms with Gasteiger partial charge in [0.25, 0.3) is 5.91 Å².